The Morgan fingerprint density at radius 1 is 1.55 bits per heavy atom. The van der Waals surface area contributed by atoms with E-state index in [1.165, 1.54) is 12.1 Å². The lowest BCUT2D eigenvalue weighted by molar-refractivity contribution is 0.628. The first-order chi connectivity index (χ1) is 5.27. The van der Waals surface area contributed by atoms with E-state index in [0.29, 0.717) is 11.6 Å². The number of benzene rings is 1. The van der Waals surface area contributed by atoms with Gasteiger partial charge in [-0.05, 0) is 17.7 Å². The fourth-order valence-corrected chi connectivity index (χ4v) is 1.03. The average Bonchev–Trinajstić information content (AvgIpc) is 2.04. The van der Waals surface area contributed by atoms with Gasteiger partial charge in [-0.15, -0.1) is 11.6 Å². The minimum atomic E-state index is -0.327. The van der Waals surface area contributed by atoms with Crippen molar-refractivity contribution in [2.45, 2.75) is 5.88 Å². The highest BCUT2D eigenvalue weighted by atomic mass is 35.5. The van der Waals surface area contributed by atoms with Gasteiger partial charge in [0.2, 0.25) is 0 Å². The summed E-state index contributed by atoms with van der Waals surface area (Å²) in [4.78, 5) is 0. The number of hydrogen-bond acceptors (Lipinski definition) is 2. The number of rotatable bonds is 2. The zero-order chi connectivity index (χ0) is 8.27. The first-order valence-corrected chi connectivity index (χ1v) is 3.62. The van der Waals surface area contributed by atoms with Gasteiger partial charge in [-0.1, -0.05) is 6.07 Å². The van der Waals surface area contributed by atoms with Gasteiger partial charge < -0.3 is 5.43 Å². The number of nitrogens with two attached hydrogens (primary N) is 1. The van der Waals surface area contributed by atoms with Crippen LogP contribution < -0.4 is 11.3 Å². The van der Waals surface area contributed by atoms with E-state index in [1.54, 1.807) is 6.07 Å². The third kappa shape index (κ3) is 1.82. The number of nitrogen functional groups attached to an aromatic ring is 1. The van der Waals surface area contributed by atoms with Crippen molar-refractivity contribution in [3.05, 3.63) is 29.6 Å². The zero-order valence-electron chi connectivity index (χ0n) is 5.77. The van der Waals surface area contributed by atoms with Crippen LogP contribution in [0, 0.1) is 5.82 Å². The molecule has 0 aliphatic heterocycles. The van der Waals surface area contributed by atoms with E-state index in [4.69, 9.17) is 17.4 Å². The number of hydrogen-bond donors (Lipinski definition) is 2. The second kappa shape index (κ2) is 3.55. The van der Waals surface area contributed by atoms with Gasteiger partial charge in [-0.3, -0.25) is 5.84 Å². The number of halogens is 2. The molecule has 60 valence electrons. The maximum Gasteiger partial charge on any atom is 0.125 e. The van der Waals surface area contributed by atoms with Gasteiger partial charge in [0.15, 0.2) is 0 Å². The smallest absolute Gasteiger partial charge is 0.125 e. The SMILES string of the molecule is NNc1cc(F)ccc1CCl. The molecule has 0 radical (unpaired) electrons. The highest BCUT2D eigenvalue weighted by Crippen LogP contribution is 2.17. The van der Waals surface area contributed by atoms with Crippen molar-refractivity contribution < 1.29 is 4.39 Å². The molecule has 0 saturated carbocycles. The second-order valence-electron chi connectivity index (χ2n) is 2.08. The van der Waals surface area contributed by atoms with Crippen LogP contribution in [0.5, 0.6) is 0 Å². The Hall–Kier alpha value is -0.800. The fourth-order valence-electron chi connectivity index (χ4n) is 0.800. The summed E-state index contributed by atoms with van der Waals surface area (Å²) in [7, 11) is 0. The van der Waals surface area contributed by atoms with Crippen LogP contribution in [0.1, 0.15) is 5.56 Å². The van der Waals surface area contributed by atoms with Crippen molar-refractivity contribution in [1.29, 1.82) is 0 Å². The van der Waals surface area contributed by atoms with Gasteiger partial charge in [0.1, 0.15) is 5.82 Å². The number of hydrazine groups is 1. The Kier molecular flexibility index (Phi) is 2.68. The van der Waals surface area contributed by atoms with Gasteiger partial charge in [-0.25, -0.2) is 4.39 Å². The van der Waals surface area contributed by atoms with Gasteiger partial charge in [0, 0.05) is 5.88 Å². The summed E-state index contributed by atoms with van der Waals surface area (Å²) in [5.41, 5.74) is 3.68. The molecular weight excluding hydrogens is 167 g/mol. The minimum absolute atomic E-state index is 0.319. The van der Waals surface area contributed by atoms with E-state index < -0.39 is 0 Å². The van der Waals surface area contributed by atoms with E-state index in [0.717, 1.165) is 5.56 Å². The van der Waals surface area contributed by atoms with Crippen molar-refractivity contribution in [2.75, 3.05) is 5.43 Å². The van der Waals surface area contributed by atoms with Gasteiger partial charge >= 0.3 is 0 Å². The summed E-state index contributed by atoms with van der Waals surface area (Å²) in [6.07, 6.45) is 0. The summed E-state index contributed by atoms with van der Waals surface area (Å²) in [6.45, 7) is 0. The van der Waals surface area contributed by atoms with Crippen LogP contribution in [0.3, 0.4) is 0 Å². The Labute approximate surface area is 69.1 Å². The monoisotopic (exact) mass is 174 g/mol. The van der Waals surface area contributed by atoms with Crippen LogP contribution >= 0.6 is 11.6 Å². The largest absolute Gasteiger partial charge is 0.324 e. The van der Waals surface area contributed by atoms with E-state index in [-0.39, 0.29) is 5.82 Å². The van der Waals surface area contributed by atoms with Crippen molar-refractivity contribution in [2.24, 2.45) is 5.84 Å². The van der Waals surface area contributed by atoms with Crippen LogP contribution in [0.4, 0.5) is 10.1 Å². The molecule has 0 heterocycles. The summed E-state index contributed by atoms with van der Waals surface area (Å²) in [5, 5.41) is 0. The summed E-state index contributed by atoms with van der Waals surface area (Å²) >= 11 is 5.55. The molecule has 11 heavy (non-hydrogen) atoms. The van der Waals surface area contributed by atoms with Crippen LogP contribution in [0.15, 0.2) is 18.2 Å². The predicted molar refractivity (Wildman–Crippen MR) is 43.8 cm³/mol. The normalized spacial score (nSPS) is 9.73. The Bertz CT molecular complexity index is 252. The van der Waals surface area contributed by atoms with Crippen LogP contribution in [0.2, 0.25) is 0 Å². The molecule has 0 aromatic heterocycles. The maximum atomic E-state index is 12.5. The third-order valence-corrected chi connectivity index (χ3v) is 1.66. The Morgan fingerprint density at radius 2 is 2.27 bits per heavy atom. The quantitative estimate of drug-likeness (QED) is 0.408. The molecule has 1 aromatic rings. The summed E-state index contributed by atoms with van der Waals surface area (Å²) in [6, 6.07) is 4.24. The molecule has 2 nitrogen and oxygen atoms in total. The molecule has 0 bridgehead atoms. The molecule has 0 aliphatic carbocycles. The molecule has 0 saturated heterocycles. The lowest BCUT2D eigenvalue weighted by Gasteiger charge is -2.04. The lowest BCUT2D eigenvalue weighted by Crippen LogP contribution is -2.08. The molecule has 1 aromatic carbocycles. The minimum Gasteiger partial charge on any atom is -0.324 e. The molecular formula is C7H8ClFN2. The molecule has 0 atom stereocenters. The fraction of sp³-hybridized carbons (Fsp3) is 0.143. The maximum absolute atomic E-state index is 12.5. The average molecular weight is 175 g/mol. The van der Waals surface area contributed by atoms with Crippen LogP contribution in [-0.2, 0) is 5.88 Å². The first-order valence-electron chi connectivity index (χ1n) is 3.09. The van der Waals surface area contributed by atoms with Crippen molar-refractivity contribution >= 4 is 17.3 Å². The molecule has 1 rings (SSSR count). The van der Waals surface area contributed by atoms with Gasteiger partial charge in [0.25, 0.3) is 0 Å². The second-order valence-corrected chi connectivity index (χ2v) is 2.35. The molecule has 0 spiro atoms. The number of alkyl halides is 1. The van der Waals surface area contributed by atoms with E-state index in [1.807, 2.05) is 0 Å². The number of nitrogens with one attached hydrogen (secondary N) is 1. The topological polar surface area (TPSA) is 38.0 Å². The van der Waals surface area contributed by atoms with Crippen LogP contribution in [0.25, 0.3) is 0 Å². The molecule has 0 unspecified atom stereocenters. The van der Waals surface area contributed by atoms with E-state index >= 15 is 0 Å². The predicted octanol–water partition coefficient (Wildman–Crippen LogP) is 1.85. The highest BCUT2D eigenvalue weighted by molar-refractivity contribution is 6.17. The van der Waals surface area contributed by atoms with Gasteiger partial charge in [0.05, 0.1) is 5.69 Å². The Balaban J connectivity index is 3.06. The number of anilines is 1. The highest BCUT2D eigenvalue weighted by Gasteiger charge is 2.00. The molecule has 3 N–H and O–H groups in total. The van der Waals surface area contributed by atoms with Crippen molar-refractivity contribution in [3.8, 4) is 0 Å². The van der Waals surface area contributed by atoms with Crippen LogP contribution in [-0.4, -0.2) is 0 Å². The summed E-state index contributed by atoms with van der Waals surface area (Å²) in [5.74, 6) is 5.11. The molecule has 0 amide bonds. The first kappa shape index (κ1) is 8.30. The van der Waals surface area contributed by atoms with Crippen molar-refractivity contribution in [1.82, 2.24) is 0 Å². The third-order valence-electron chi connectivity index (χ3n) is 1.37. The Morgan fingerprint density at radius 3 is 2.82 bits per heavy atom. The molecule has 0 aliphatic rings. The summed E-state index contributed by atoms with van der Waals surface area (Å²) < 4.78 is 12.5. The van der Waals surface area contributed by atoms with Gasteiger partial charge in [-0.2, -0.15) is 0 Å². The zero-order valence-corrected chi connectivity index (χ0v) is 6.53. The lowest BCUT2D eigenvalue weighted by atomic mass is 10.2. The molecule has 4 heteroatoms. The van der Waals surface area contributed by atoms with Crippen molar-refractivity contribution in [3.63, 3.8) is 0 Å². The van der Waals surface area contributed by atoms with E-state index in [9.17, 15) is 4.39 Å². The standard InChI is InChI=1S/C7H8ClFN2/c8-4-5-1-2-6(9)3-7(5)11-10/h1-3,11H,4,10H2. The van der Waals surface area contributed by atoms with E-state index in [2.05, 4.69) is 5.43 Å². The molecule has 0 fully saturated rings.